The maximum atomic E-state index is 12.7. The summed E-state index contributed by atoms with van der Waals surface area (Å²) in [5, 5.41) is 13.7. The number of carbonyl (C=O) groups is 1. The van der Waals surface area contributed by atoms with E-state index >= 15 is 0 Å². The fourth-order valence-electron chi connectivity index (χ4n) is 3.66. The van der Waals surface area contributed by atoms with Gasteiger partial charge in [-0.15, -0.1) is 0 Å². The topological polar surface area (TPSA) is 126 Å². The Hall–Kier alpha value is -2.97. The third kappa shape index (κ3) is 3.56. The van der Waals surface area contributed by atoms with Crippen molar-refractivity contribution in [1.82, 2.24) is 15.0 Å². The van der Waals surface area contributed by atoms with E-state index in [2.05, 4.69) is 27.2 Å². The van der Waals surface area contributed by atoms with Crippen molar-refractivity contribution in [3.05, 3.63) is 46.9 Å². The highest BCUT2D eigenvalue weighted by atomic mass is 16.5. The number of hydrogen-bond donors (Lipinski definition) is 4. The first-order valence-corrected chi connectivity index (χ1v) is 9.59. The molecule has 1 fully saturated rings. The number of aromatic amines is 1. The van der Waals surface area contributed by atoms with E-state index in [1.165, 1.54) is 0 Å². The summed E-state index contributed by atoms with van der Waals surface area (Å²) in [6.07, 6.45) is 1.33. The van der Waals surface area contributed by atoms with Gasteiger partial charge in [0.2, 0.25) is 5.82 Å². The van der Waals surface area contributed by atoms with Crippen LogP contribution in [0.4, 0.5) is 11.5 Å². The van der Waals surface area contributed by atoms with Crippen LogP contribution in [0.1, 0.15) is 60.2 Å². The summed E-state index contributed by atoms with van der Waals surface area (Å²) in [6.45, 7) is 4.34. The third-order valence-corrected chi connectivity index (χ3v) is 5.46. The van der Waals surface area contributed by atoms with E-state index in [1.54, 1.807) is 26.2 Å². The van der Waals surface area contributed by atoms with Gasteiger partial charge in [-0.3, -0.25) is 4.79 Å². The molecule has 0 radical (unpaired) electrons. The van der Waals surface area contributed by atoms with E-state index in [4.69, 9.17) is 10.5 Å². The molecule has 5 N–H and O–H groups in total. The second kappa shape index (κ2) is 7.13. The lowest BCUT2D eigenvalue weighted by Gasteiger charge is -2.13. The Morgan fingerprint density at radius 1 is 1.34 bits per heavy atom. The number of carbonyl (C=O) groups excluding carboxylic acids is 1. The summed E-state index contributed by atoms with van der Waals surface area (Å²) in [5.41, 5.74) is 9.93. The van der Waals surface area contributed by atoms with Crippen molar-refractivity contribution in [3.8, 4) is 0 Å². The van der Waals surface area contributed by atoms with Crippen LogP contribution >= 0.6 is 0 Å². The number of rotatable bonds is 6. The normalized spacial score (nSPS) is 16.0. The number of nitrogen functional groups attached to an aromatic ring is 1. The number of nitrogens with two attached hydrogens (primary N) is 1. The van der Waals surface area contributed by atoms with Crippen molar-refractivity contribution >= 4 is 28.4 Å². The first-order valence-electron chi connectivity index (χ1n) is 9.59. The zero-order valence-electron chi connectivity index (χ0n) is 16.7. The smallest absolute Gasteiger partial charge is 0.293 e. The largest absolute Gasteiger partial charge is 0.387 e. The molecule has 0 saturated heterocycles. The molecule has 3 aromatic rings. The van der Waals surface area contributed by atoms with Gasteiger partial charge in [-0.1, -0.05) is 19.1 Å². The van der Waals surface area contributed by atoms with Crippen LogP contribution < -0.4 is 11.1 Å². The predicted octanol–water partition coefficient (Wildman–Crippen LogP) is 3.04. The zero-order chi connectivity index (χ0) is 20.8. The summed E-state index contributed by atoms with van der Waals surface area (Å²) < 4.78 is 5.09. The Labute approximate surface area is 168 Å². The van der Waals surface area contributed by atoms with Gasteiger partial charge < -0.3 is 25.9 Å². The van der Waals surface area contributed by atoms with Crippen molar-refractivity contribution in [3.63, 3.8) is 0 Å². The number of methoxy groups -OCH3 is 1. The Morgan fingerprint density at radius 3 is 2.62 bits per heavy atom. The number of aliphatic hydroxyl groups excluding tert-OH is 1. The molecular weight excluding hydrogens is 370 g/mol. The van der Waals surface area contributed by atoms with Crippen LogP contribution in [0.3, 0.4) is 0 Å². The maximum absolute atomic E-state index is 12.7. The molecule has 152 valence electrons. The number of aromatic nitrogens is 3. The van der Waals surface area contributed by atoms with Crippen molar-refractivity contribution in [2.45, 2.75) is 44.8 Å². The third-order valence-electron chi connectivity index (χ3n) is 5.46. The molecular formula is C21H25N5O3. The van der Waals surface area contributed by atoms with Crippen molar-refractivity contribution in [2.24, 2.45) is 0 Å². The Bertz CT molecular complexity index is 1070. The molecule has 4 rings (SSSR count). The van der Waals surface area contributed by atoms with Gasteiger partial charge in [0.25, 0.3) is 5.91 Å². The molecule has 0 spiro atoms. The Morgan fingerprint density at radius 2 is 2.03 bits per heavy atom. The van der Waals surface area contributed by atoms with E-state index in [-0.39, 0.29) is 17.1 Å². The molecule has 2 aromatic heterocycles. The standard InChI is InChI=1S/C21H25N5O3/c1-11(27)16-15(21(2)8-9-21)14-17(22)25-19(26-18(14)24-16)20(28)23-13-6-4-12(5-7-13)10-29-3/h4-7,11,27H,8-10H2,1-3H3,(H,23,28)(H3,22,24,25,26). The number of ether oxygens (including phenoxy) is 1. The number of nitrogens with one attached hydrogen (secondary N) is 2. The van der Waals surface area contributed by atoms with Gasteiger partial charge in [-0.2, -0.15) is 0 Å². The molecule has 1 saturated carbocycles. The predicted molar refractivity (Wildman–Crippen MR) is 111 cm³/mol. The van der Waals surface area contributed by atoms with E-state index in [0.29, 0.717) is 29.0 Å². The average molecular weight is 395 g/mol. The minimum absolute atomic E-state index is 0.0261. The Kier molecular flexibility index (Phi) is 4.76. The summed E-state index contributed by atoms with van der Waals surface area (Å²) in [4.78, 5) is 24.5. The molecule has 8 nitrogen and oxygen atoms in total. The molecule has 0 bridgehead atoms. The fraction of sp³-hybridized carbons (Fsp3) is 0.381. The molecule has 1 aliphatic rings. The molecule has 1 amide bonds. The van der Waals surface area contributed by atoms with Gasteiger partial charge in [0, 0.05) is 18.5 Å². The van der Waals surface area contributed by atoms with E-state index < -0.39 is 12.0 Å². The van der Waals surface area contributed by atoms with Crippen LogP contribution in [0.25, 0.3) is 11.0 Å². The van der Waals surface area contributed by atoms with Crippen LogP contribution in [-0.4, -0.2) is 33.1 Å². The van der Waals surface area contributed by atoms with Crippen LogP contribution in [-0.2, 0) is 16.8 Å². The van der Waals surface area contributed by atoms with Crippen LogP contribution in [0, 0.1) is 0 Å². The van der Waals surface area contributed by atoms with Crippen LogP contribution in [0.5, 0.6) is 0 Å². The van der Waals surface area contributed by atoms with Gasteiger partial charge in [-0.05, 0) is 48.4 Å². The van der Waals surface area contributed by atoms with Gasteiger partial charge in [-0.25, -0.2) is 9.97 Å². The molecule has 2 heterocycles. The van der Waals surface area contributed by atoms with E-state index in [9.17, 15) is 9.90 Å². The lowest BCUT2D eigenvalue weighted by Crippen LogP contribution is -2.17. The highest BCUT2D eigenvalue weighted by Gasteiger charge is 2.44. The highest BCUT2D eigenvalue weighted by Crippen LogP contribution is 2.52. The molecule has 0 aliphatic heterocycles. The molecule has 1 unspecified atom stereocenters. The summed E-state index contributed by atoms with van der Waals surface area (Å²) in [7, 11) is 1.63. The number of fused-ring (bicyclic) bond motifs is 1. The molecule has 8 heteroatoms. The lowest BCUT2D eigenvalue weighted by atomic mass is 9.94. The molecule has 29 heavy (non-hydrogen) atoms. The quantitative estimate of drug-likeness (QED) is 0.508. The lowest BCUT2D eigenvalue weighted by molar-refractivity contribution is 0.101. The molecule has 1 aromatic carbocycles. The number of nitrogens with zero attached hydrogens (tertiary/aromatic N) is 2. The van der Waals surface area contributed by atoms with E-state index in [0.717, 1.165) is 24.0 Å². The first kappa shape index (κ1) is 19.4. The van der Waals surface area contributed by atoms with Crippen LogP contribution in [0.2, 0.25) is 0 Å². The number of aliphatic hydroxyl groups is 1. The number of benzene rings is 1. The van der Waals surface area contributed by atoms with Gasteiger partial charge in [0.1, 0.15) is 11.5 Å². The second-order valence-corrected chi connectivity index (χ2v) is 7.89. The Balaban J connectivity index is 1.67. The van der Waals surface area contributed by atoms with Crippen molar-refractivity contribution in [1.29, 1.82) is 0 Å². The first-order chi connectivity index (χ1) is 13.8. The van der Waals surface area contributed by atoms with Gasteiger partial charge in [0.15, 0.2) is 0 Å². The molecule has 1 atom stereocenters. The summed E-state index contributed by atoms with van der Waals surface area (Å²) >= 11 is 0. The maximum Gasteiger partial charge on any atom is 0.293 e. The number of amides is 1. The number of H-pyrrole nitrogens is 1. The van der Waals surface area contributed by atoms with Crippen LogP contribution in [0.15, 0.2) is 24.3 Å². The second-order valence-electron chi connectivity index (χ2n) is 7.89. The van der Waals surface area contributed by atoms with Gasteiger partial charge in [0.05, 0.1) is 18.1 Å². The fourth-order valence-corrected chi connectivity index (χ4v) is 3.66. The summed E-state index contributed by atoms with van der Waals surface area (Å²) in [6, 6.07) is 7.33. The number of anilines is 2. The number of hydrogen-bond acceptors (Lipinski definition) is 6. The van der Waals surface area contributed by atoms with E-state index in [1.807, 2.05) is 12.1 Å². The van der Waals surface area contributed by atoms with Crippen molar-refractivity contribution in [2.75, 3.05) is 18.2 Å². The summed E-state index contributed by atoms with van der Waals surface area (Å²) in [5.74, 6) is -0.241. The monoisotopic (exact) mass is 395 g/mol. The molecule has 1 aliphatic carbocycles. The highest BCUT2D eigenvalue weighted by molar-refractivity contribution is 6.04. The minimum Gasteiger partial charge on any atom is -0.387 e. The average Bonchev–Trinajstić information content (AvgIpc) is 3.28. The van der Waals surface area contributed by atoms with Crippen molar-refractivity contribution < 1.29 is 14.6 Å². The zero-order valence-corrected chi connectivity index (χ0v) is 16.7. The van der Waals surface area contributed by atoms with Gasteiger partial charge >= 0.3 is 0 Å². The SMILES string of the molecule is COCc1ccc(NC(=O)c2nc(N)c3c(C4(C)CC4)c(C(C)O)[nH]c3n2)cc1. The minimum atomic E-state index is -0.695.